The molecule has 1 amide bonds. The molecule has 2 aromatic rings. The van der Waals surface area contributed by atoms with Gasteiger partial charge in [0.25, 0.3) is 5.91 Å². The fraction of sp³-hybridized carbons (Fsp3) is 0.409. The molecule has 1 N–H and O–H groups in total. The van der Waals surface area contributed by atoms with E-state index in [1.165, 1.54) is 11.1 Å². The molecule has 0 spiro atoms. The molecule has 0 fully saturated rings. The molecule has 134 valence electrons. The second-order valence-corrected chi connectivity index (χ2v) is 6.72. The van der Waals surface area contributed by atoms with Crippen LogP contribution < -0.4 is 10.1 Å². The van der Waals surface area contributed by atoms with Gasteiger partial charge in [-0.25, -0.2) is 0 Å². The molecule has 1 atom stereocenters. The first kappa shape index (κ1) is 19.0. The van der Waals surface area contributed by atoms with E-state index in [0.29, 0.717) is 13.0 Å². The highest BCUT2D eigenvalue weighted by Crippen LogP contribution is 2.18. The lowest BCUT2D eigenvalue weighted by Gasteiger charge is -2.18. The van der Waals surface area contributed by atoms with Crippen molar-refractivity contribution in [2.45, 2.75) is 53.1 Å². The summed E-state index contributed by atoms with van der Waals surface area (Å²) < 4.78 is 5.91. The number of rotatable bonds is 8. The first-order valence-corrected chi connectivity index (χ1v) is 9.06. The first-order valence-electron chi connectivity index (χ1n) is 9.06. The molecule has 0 saturated heterocycles. The lowest BCUT2D eigenvalue weighted by Crippen LogP contribution is -2.38. The van der Waals surface area contributed by atoms with Crippen LogP contribution in [-0.2, 0) is 11.2 Å². The third-order valence-electron chi connectivity index (χ3n) is 4.16. The summed E-state index contributed by atoms with van der Waals surface area (Å²) in [4.78, 5) is 12.4. The van der Waals surface area contributed by atoms with Crippen LogP contribution in [0.25, 0.3) is 0 Å². The molecule has 2 aromatic carbocycles. The lowest BCUT2D eigenvalue weighted by molar-refractivity contribution is -0.128. The van der Waals surface area contributed by atoms with Gasteiger partial charge in [-0.3, -0.25) is 4.79 Å². The van der Waals surface area contributed by atoms with E-state index in [9.17, 15) is 4.79 Å². The van der Waals surface area contributed by atoms with Gasteiger partial charge in [-0.1, -0.05) is 42.8 Å². The SMILES string of the molecule is CCC(Oc1cc(C)cc(C)c1)C(=O)NCCCc1cccc(C)c1. The highest BCUT2D eigenvalue weighted by molar-refractivity contribution is 5.81. The summed E-state index contributed by atoms with van der Waals surface area (Å²) in [5.41, 5.74) is 4.87. The Morgan fingerprint density at radius 1 is 1.04 bits per heavy atom. The van der Waals surface area contributed by atoms with Crippen LogP contribution in [0.3, 0.4) is 0 Å². The minimum absolute atomic E-state index is 0.0362. The predicted molar refractivity (Wildman–Crippen MR) is 103 cm³/mol. The fourth-order valence-corrected chi connectivity index (χ4v) is 2.97. The predicted octanol–water partition coefficient (Wildman–Crippen LogP) is 4.52. The van der Waals surface area contributed by atoms with E-state index in [1.54, 1.807) is 0 Å². The van der Waals surface area contributed by atoms with Crippen molar-refractivity contribution in [3.63, 3.8) is 0 Å². The number of aryl methyl sites for hydroxylation is 4. The van der Waals surface area contributed by atoms with E-state index in [1.807, 2.05) is 32.9 Å². The molecule has 3 nitrogen and oxygen atoms in total. The van der Waals surface area contributed by atoms with Crippen molar-refractivity contribution in [1.29, 1.82) is 0 Å². The van der Waals surface area contributed by atoms with E-state index < -0.39 is 6.10 Å². The van der Waals surface area contributed by atoms with Crippen LogP contribution in [0.15, 0.2) is 42.5 Å². The van der Waals surface area contributed by atoms with Crippen LogP contribution in [0.4, 0.5) is 0 Å². The van der Waals surface area contributed by atoms with Crippen molar-refractivity contribution in [1.82, 2.24) is 5.32 Å². The van der Waals surface area contributed by atoms with Gasteiger partial charge in [-0.05, 0) is 68.9 Å². The van der Waals surface area contributed by atoms with Gasteiger partial charge >= 0.3 is 0 Å². The first-order chi connectivity index (χ1) is 12.0. The number of ether oxygens (including phenoxy) is 1. The molecule has 0 aliphatic carbocycles. The molecule has 0 aliphatic rings. The van der Waals surface area contributed by atoms with E-state index in [0.717, 1.165) is 29.7 Å². The average molecular weight is 339 g/mol. The highest BCUT2D eigenvalue weighted by atomic mass is 16.5. The van der Waals surface area contributed by atoms with Gasteiger partial charge in [0.15, 0.2) is 6.10 Å². The Morgan fingerprint density at radius 3 is 2.40 bits per heavy atom. The molecule has 0 radical (unpaired) electrons. The van der Waals surface area contributed by atoms with Gasteiger partial charge < -0.3 is 10.1 Å². The summed E-state index contributed by atoms with van der Waals surface area (Å²) in [5.74, 6) is 0.727. The smallest absolute Gasteiger partial charge is 0.261 e. The monoisotopic (exact) mass is 339 g/mol. The Kier molecular flexibility index (Phi) is 7.05. The van der Waals surface area contributed by atoms with Gasteiger partial charge in [0.05, 0.1) is 0 Å². The molecule has 25 heavy (non-hydrogen) atoms. The van der Waals surface area contributed by atoms with Gasteiger partial charge in [0.2, 0.25) is 0 Å². The van der Waals surface area contributed by atoms with Crippen molar-refractivity contribution in [2.75, 3.05) is 6.54 Å². The molecule has 2 rings (SSSR count). The Hall–Kier alpha value is -2.29. The van der Waals surface area contributed by atoms with Crippen LogP contribution in [0.2, 0.25) is 0 Å². The van der Waals surface area contributed by atoms with E-state index in [4.69, 9.17) is 4.74 Å². The van der Waals surface area contributed by atoms with Crippen LogP contribution in [0.1, 0.15) is 42.0 Å². The lowest BCUT2D eigenvalue weighted by atomic mass is 10.1. The van der Waals surface area contributed by atoms with Gasteiger partial charge in [0, 0.05) is 6.54 Å². The molecular formula is C22H29NO2. The van der Waals surface area contributed by atoms with E-state index in [2.05, 4.69) is 42.6 Å². The number of carbonyl (C=O) groups is 1. The summed E-state index contributed by atoms with van der Waals surface area (Å²) in [5, 5.41) is 3.00. The number of nitrogens with one attached hydrogen (secondary N) is 1. The molecule has 0 aromatic heterocycles. The third-order valence-corrected chi connectivity index (χ3v) is 4.16. The average Bonchev–Trinajstić information content (AvgIpc) is 2.55. The van der Waals surface area contributed by atoms with Crippen molar-refractivity contribution >= 4 is 5.91 Å². The van der Waals surface area contributed by atoms with Crippen LogP contribution in [0.5, 0.6) is 5.75 Å². The van der Waals surface area contributed by atoms with Gasteiger partial charge in [-0.2, -0.15) is 0 Å². The quantitative estimate of drug-likeness (QED) is 0.718. The highest BCUT2D eigenvalue weighted by Gasteiger charge is 2.18. The summed E-state index contributed by atoms with van der Waals surface area (Å²) in [6, 6.07) is 14.5. The molecule has 0 heterocycles. The Labute approximate surface area is 151 Å². The number of hydrogen-bond donors (Lipinski definition) is 1. The normalized spacial score (nSPS) is 11.8. The molecule has 0 aliphatic heterocycles. The minimum atomic E-state index is -0.444. The van der Waals surface area contributed by atoms with E-state index in [-0.39, 0.29) is 5.91 Å². The zero-order chi connectivity index (χ0) is 18.2. The summed E-state index contributed by atoms with van der Waals surface area (Å²) in [6.07, 6.45) is 2.10. The Morgan fingerprint density at radius 2 is 1.76 bits per heavy atom. The summed E-state index contributed by atoms with van der Waals surface area (Å²) in [6.45, 7) is 8.80. The number of carbonyl (C=O) groups excluding carboxylic acids is 1. The van der Waals surface area contributed by atoms with Crippen molar-refractivity contribution in [2.24, 2.45) is 0 Å². The van der Waals surface area contributed by atoms with Crippen molar-refractivity contribution < 1.29 is 9.53 Å². The van der Waals surface area contributed by atoms with Crippen LogP contribution in [0, 0.1) is 20.8 Å². The number of amides is 1. The summed E-state index contributed by atoms with van der Waals surface area (Å²) in [7, 11) is 0. The molecule has 3 heteroatoms. The number of hydrogen-bond acceptors (Lipinski definition) is 2. The molecule has 0 bridgehead atoms. The molecular weight excluding hydrogens is 310 g/mol. The third kappa shape index (κ3) is 6.26. The Bertz CT molecular complexity index is 689. The standard InChI is InChI=1S/C22H29NO2/c1-5-21(25-20-14-17(3)12-18(4)15-20)22(24)23-11-7-10-19-9-6-8-16(2)13-19/h6,8-9,12-15,21H,5,7,10-11H2,1-4H3,(H,23,24). The second-order valence-electron chi connectivity index (χ2n) is 6.72. The maximum atomic E-state index is 12.4. The zero-order valence-electron chi connectivity index (χ0n) is 15.8. The topological polar surface area (TPSA) is 38.3 Å². The number of benzene rings is 2. The van der Waals surface area contributed by atoms with Gasteiger partial charge in [0.1, 0.15) is 5.75 Å². The van der Waals surface area contributed by atoms with Crippen LogP contribution >= 0.6 is 0 Å². The molecule has 0 saturated carbocycles. The maximum absolute atomic E-state index is 12.4. The zero-order valence-corrected chi connectivity index (χ0v) is 15.8. The van der Waals surface area contributed by atoms with Gasteiger partial charge in [-0.15, -0.1) is 0 Å². The fourth-order valence-electron chi connectivity index (χ4n) is 2.97. The molecule has 1 unspecified atom stereocenters. The van der Waals surface area contributed by atoms with Crippen molar-refractivity contribution in [3.8, 4) is 5.75 Å². The Balaban J connectivity index is 1.81. The second kappa shape index (κ2) is 9.26. The largest absolute Gasteiger partial charge is 0.481 e. The maximum Gasteiger partial charge on any atom is 0.261 e. The summed E-state index contributed by atoms with van der Waals surface area (Å²) >= 11 is 0. The van der Waals surface area contributed by atoms with E-state index >= 15 is 0 Å². The van der Waals surface area contributed by atoms with Crippen molar-refractivity contribution in [3.05, 3.63) is 64.7 Å². The van der Waals surface area contributed by atoms with Crippen LogP contribution in [-0.4, -0.2) is 18.6 Å². The minimum Gasteiger partial charge on any atom is -0.481 e.